The van der Waals surface area contributed by atoms with Crippen LogP contribution in [0.2, 0.25) is 10.0 Å². The number of rotatable bonds is 2. The lowest BCUT2D eigenvalue weighted by molar-refractivity contribution is -0.184. The van der Waals surface area contributed by atoms with Gasteiger partial charge in [-0.05, 0) is 43.0 Å². The van der Waals surface area contributed by atoms with Crippen LogP contribution in [0.15, 0.2) is 18.2 Å². The van der Waals surface area contributed by atoms with E-state index in [1.807, 2.05) is 0 Å². The molecule has 4 rings (SSSR count). The van der Waals surface area contributed by atoms with Gasteiger partial charge in [-0.15, -0.1) is 0 Å². The van der Waals surface area contributed by atoms with Gasteiger partial charge in [0.1, 0.15) is 5.41 Å². The number of halogens is 5. The fourth-order valence-electron chi connectivity index (χ4n) is 3.83. The van der Waals surface area contributed by atoms with Crippen LogP contribution in [0, 0.1) is 0 Å². The number of fused-ring (bicyclic) bond motifs is 1. The van der Waals surface area contributed by atoms with Crippen molar-refractivity contribution >= 4 is 45.5 Å². The Morgan fingerprint density at radius 1 is 1.15 bits per heavy atom. The molecule has 2 aromatic rings. The number of hydrogen-bond donors (Lipinski definition) is 0. The summed E-state index contributed by atoms with van der Waals surface area (Å²) in [6.45, 7) is -0.0714. The number of Topliss-reactive ketones (excluding diaryl/α,β-unsaturated/α-hetero) is 1. The molecule has 1 unspecified atom stereocenters. The van der Waals surface area contributed by atoms with E-state index in [-0.39, 0.29) is 40.9 Å². The number of thiazole rings is 1. The lowest BCUT2D eigenvalue weighted by Gasteiger charge is -2.32. The van der Waals surface area contributed by atoms with E-state index >= 15 is 0 Å². The van der Waals surface area contributed by atoms with Crippen molar-refractivity contribution in [1.29, 1.82) is 0 Å². The van der Waals surface area contributed by atoms with E-state index in [4.69, 9.17) is 23.2 Å². The van der Waals surface area contributed by atoms with Crippen molar-refractivity contribution in [3.8, 4) is 0 Å². The highest BCUT2D eigenvalue weighted by Crippen LogP contribution is 2.50. The molecule has 0 bridgehead atoms. The molecule has 1 aliphatic heterocycles. The van der Waals surface area contributed by atoms with Crippen LogP contribution in [0.1, 0.15) is 40.2 Å². The maximum Gasteiger partial charge on any atom is 0.400 e. The zero-order valence-electron chi connectivity index (χ0n) is 14.1. The molecular weight excluding hydrogens is 420 g/mol. The van der Waals surface area contributed by atoms with Gasteiger partial charge < -0.3 is 4.90 Å². The number of aryl methyl sites for hydroxylation is 1. The summed E-state index contributed by atoms with van der Waals surface area (Å²) >= 11 is 13.1. The molecule has 2 heterocycles. The molecule has 0 spiro atoms. The predicted octanol–water partition coefficient (Wildman–Crippen LogP) is 5.68. The number of alkyl halides is 3. The molecule has 1 aliphatic carbocycles. The van der Waals surface area contributed by atoms with Crippen molar-refractivity contribution < 1.29 is 18.0 Å². The Morgan fingerprint density at radius 2 is 1.85 bits per heavy atom. The highest BCUT2D eigenvalue weighted by Gasteiger charge is 2.59. The Labute approximate surface area is 168 Å². The summed E-state index contributed by atoms with van der Waals surface area (Å²) in [4.78, 5) is 18.7. The van der Waals surface area contributed by atoms with E-state index in [0.717, 1.165) is 6.42 Å². The second-order valence-electron chi connectivity index (χ2n) is 6.96. The van der Waals surface area contributed by atoms with E-state index in [0.29, 0.717) is 28.5 Å². The summed E-state index contributed by atoms with van der Waals surface area (Å²) in [5.74, 6) is 0.0305. The number of carbonyl (C=O) groups is 1. The number of anilines is 1. The molecule has 0 radical (unpaired) electrons. The normalized spacial score (nSPS) is 23.0. The third kappa shape index (κ3) is 3.23. The molecule has 144 valence electrons. The molecule has 0 saturated carbocycles. The van der Waals surface area contributed by atoms with Gasteiger partial charge in [0.2, 0.25) is 0 Å². The standard InChI is InChI=1S/C18H15Cl2F3N2OS/c19-11-6-10(7-12(20)8-11)17(18(21,22)23)4-5-25(9-17)16-24-13-2-1-3-14(26)15(13)27-16/h6-8H,1-5,9H2. The second-order valence-corrected chi connectivity index (χ2v) is 8.81. The summed E-state index contributed by atoms with van der Waals surface area (Å²) < 4.78 is 42.5. The third-order valence-electron chi connectivity index (χ3n) is 5.25. The monoisotopic (exact) mass is 434 g/mol. The highest BCUT2D eigenvalue weighted by molar-refractivity contribution is 7.17. The minimum Gasteiger partial charge on any atom is -0.347 e. The van der Waals surface area contributed by atoms with Crippen LogP contribution >= 0.6 is 34.5 Å². The molecular formula is C18H15Cl2F3N2OS. The number of aromatic nitrogens is 1. The minimum atomic E-state index is -4.47. The molecule has 1 aromatic heterocycles. The van der Waals surface area contributed by atoms with Gasteiger partial charge in [0.15, 0.2) is 10.9 Å². The fraction of sp³-hybridized carbons (Fsp3) is 0.444. The second kappa shape index (κ2) is 6.64. The molecule has 1 aromatic carbocycles. The van der Waals surface area contributed by atoms with E-state index in [2.05, 4.69) is 4.98 Å². The Morgan fingerprint density at radius 3 is 2.48 bits per heavy atom. The summed E-state index contributed by atoms with van der Waals surface area (Å²) in [5, 5.41) is 0.833. The first-order valence-electron chi connectivity index (χ1n) is 8.51. The molecule has 2 aliphatic rings. The Balaban J connectivity index is 1.72. The average Bonchev–Trinajstić information content (AvgIpc) is 3.19. The Kier molecular flexibility index (Phi) is 4.68. The summed E-state index contributed by atoms with van der Waals surface area (Å²) in [5.41, 5.74) is -1.30. The first-order valence-corrected chi connectivity index (χ1v) is 10.1. The maximum atomic E-state index is 14.2. The van der Waals surface area contributed by atoms with E-state index in [1.54, 1.807) is 4.90 Å². The minimum absolute atomic E-state index is 0.0305. The molecule has 1 atom stereocenters. The maximum absolute atomic E-state index is 14.2. The quantitative estimate of drug-likeness (QED) is 0.609. The topological polar surface area (TPSA) is 33.2 Å². The van der Waals surface area contributed by atoms with Crippen LogP contribution in [0.5, 0.6) is 0 Å². The van der Waals surface area contributed by atoms with Crippen LogP contribution in [-0.4, -0.2) is 30.0 Å². The smallest absolute Gasteiger partial charge is 0.347 e. The molecule has 27 heavy (non-hydrogen) atoms. The zero-order chi connectivity index (χ0) is 19.4. The largest absolute Gasteiger partial charge is 0.400 e. The van der Waals surface area contributed by atoms with Gasteiger partial charge >= 0.3 is 6.18 Å². The lowest BCUT2D eigenvalue weighted by atomic mass is 9.79. The molecule has 0 amide bonds. The lowest BCUT2D eigenvalue weighted by Crippen LogP contribution is -2.44. The number of carbonyl (C=O) groups excluding carboxylic acids is 1. The summed E-state index contributed by atoms with van der Waals surface area (Å²) in [6.07, 6.45) is -2.68. The SMILES string of the molecule is O=C1CCCc2nc(N3CCC(c4cc(Cl)cc(Cl)c4)(C(F)(F)F)C3)sc21. The molecule has 3 nitrogen and oxygen atoms in total. The van der Waals surface area contributed by atoms with Crippen molar-refractivity contribution in [2.24, 2.45) is 0 Å². The van der Waals surface area contributed by atoms with Crippen LogP contribution in [-0.2, 0) is 11.8 Å². The van der Waals surface area contributed by atoms with Gasteiger partial charge in [-0.25, -0.2) is 4.98 Å². The third-order valence-corrected chi connectivity index (χ3v) is 6.89. The first kappa shape index (κ1) is 19.0. The van der Waals surface area contributed by atoms with Crippen molar-refractivity contribution in [3.63, 3.8) is 0 Å². The van der Waals surface area contributed by atoms with E-state index in [1.165, 1.54) is 29.5 Å². The molecule has 1 fully saturated rings. The summed E-state index contributed by atoms with van der Waals surface area (Å²) in [6, 6.07) is 4.09. The van der Waals surface area contributed by atoms with Gasteiger partial charge in [0.25, 0.3) is 0 Å². The van der Waals surface area contributed by atoms with Crippen molar-refractivity contribution in [2.75, 3.05) is 18.0 Å². The molecule has 9 heteroatoms. The average molecular weight is 435 g/mol. The van der Waals surface area contributed by atoms with Gasteiger partial charge in [0.05, 0.1) is 10.6 Å². The highest BCUT2D eigenvalue weighted by atomic mass is 35.5. The van der Waals surface area contributed by atoms with E-state index < -0.39 is 11.6 Å². The zero-order valence-corrected chi connectivity index (χ0v) is 16.4. The number of hydrogen-bond acceptors (Lipinski definition) is 4. The Hall–Kier alpha value is -1.31. The van der Waals surface area contributed by atoms with Crippen molar-refractivity contribution in [1.82, 2.24) is 4.98 Å². The van der Waals surface area contributed by atoms with Gasteiger partial charge in [-0.1, -0.05) is 34.5 Å². The van der Waals surface area contributed by atoms with Crippen molar-refractivity contribution in [3.05, 3.63) is 44.4 Å². The van der Waals surface area contributed by atoms with Gasteiger partial charge in [0, 0.05) is 29.6 Å². The van der Waals surface area contributed by atoms with Crippen LogP contribution in [0.4, 0.5) is 18.3 Å². The number of benzene rings is 1. The fourth-order valence-corrected chi connectivity index (χ4v) is 5.46. The molecule has 0 N–H and O–H groups in total. The van der Waals surface area contributed by atoms with Gasteiger partial charge in [-0.3, -0.25) is 4.79 Å². The van der Waals surface area contributed by atoms with Crippen LogP contribution in [0.3, 0.4) is 0 Å². The predicted molar refractivity (Wildman–Crippen MR) is 100 cm³/mol. The van der Waals surface area contributed by atoms with Crippen molar-refractivity contribution in [2.45, 2.75) is 37.3 Å². The Bertz CT molecular complexity index is 894. The van der Waals surface area contributed by atoms with E-state index in [9.17, 15) is 18.0 Å². The first-order chi connectivity index (χ1) is 12.7. The summed E-state index contributed by atoms with van der Waals surface area (Å²) in [7, 11) is 0. The van der Waals surface area contributed by atoms with Crippen LogP contribution < -0.4 is 4.90 Å². The number of ketones is 1. The molecule has 1 saturated heterocycles. The number of nitrogens with zero attached hydrogens (tertiary/aromatic N) is 2. The van der Waals surface area contributed by atoms with Crippen LogP contribution in [0.25, 0.3) is 0 Å². The van der Waals surface area contributed by atoms with Gasteiger partial charge in [-0.2, -0.15) is 13.2 Å².